The highest BCUT2D eigenvalue weighted by Gasteiger charge is 2.26. The predicted molar refractivity (Wildman–Crippen MR) is 122 cm³/mol. The van der Waals surface area contributed by atoms with Gasteiger partial charge in [0.1, 0.15) is 5.69 Å². The van der Waals surface area contributed by atoms with E-state index < -0.39 is 14.9 Å². The van der Waals surface area contributed by atoms with Gasteiger partial charge in [0.2, 0.25) is 10.0 Å². The largest absolute Gasteiger partial charge is 0.365 e. The summed E-state index contributed by atoms with van der Waals surface area (Å²) < 4.78 is 27.4. The molecule has 0 unspecified atom stereocenters. The number of rotatable bonds is 7. The molecule has 168 valence electrons. The smallest absolute Gasteiger partial charge is 0.293 e. The van der Waals surface area contributed by atoms with Crippen molar-refractivity contribution in [1.29, 1.82) is 0 Å². The standard InChI is InChI=1S/C22H30N4O4S/c1-17(2)23-31(29,30)20-9-10-21(22(15-20)26(27)28)25-12-4-11-24(13-14-25)16-19-7-5-18(3)6-8-19/h5-10,15,17,23H,4,11-14,16H2,1-3H3. The molecule has 0 aliphatic carbocycles. The molecule has 0 aromatic heterocycles. The van der Waals surface area contributed by atoms with Crippen molar-refractivity contribution in [2.75, 3.05) is 31.1 Å². The lowest BCUT2D eigenvalue weighted by Gasteiger charge is -2.24. The molecule has 31 heavy (non-hydrogen) atoms. The molecule has 1 fully saturated rings. The van der Waals surface area contributed by atoms with Gasteiger partial charge in [0.05, 0.1) is 9.82 Å². The highest BCUT2D eigenvalue weighted by Crippen LogP contribution is 2.31. The number of hydrogen-bond donors (Lipinski definition) is 1. The summed E-state index contributed by atoms with van der Waals surface area (Å²) in [5.74, 6) is 0. The zero-order valence-electron chi connectivity index (χ0n) is 18.2. The fourth-order valence-electron chi connectivity index (χ4n) is 3.78. The summed E-state index contributed by atoms with van der Waals surface area (Å²) in [7, 11) is -3.80. The fraction of sp³-hybridized carbons (Fsp3) is 0.455. The maximum absolute atomic E-state index is 12.4. The third kappa shape index (κ3) is 6.03. The predicted octanol–water partition coefficient (Wildman–Crippen LogP) is 3.30. The Morgan fingerprint density at radius 2 is 1.77 bits per heavy atom. The Bertz CT molecular complexity index is 1020. The molecule has 0 spiro atoms. The SMILES string of the molecule is Cc1ccc(CN2CCCN(c3ccc(S(=O)(=O)NC(C)C)cc3[N+](=O)[O-])CC2)cc1. The zero-order chi connectivity index (χ0) is 22.6. The Hall–Kier alpha value is -2.49. The molecule has 0 saturated carbocycles. The zero-order valence-corrected chi connectivity index (χ0v) is 19.1. The van der Waals surface area contributed by atoms with Crippen LogP contribution in [-0.2, 0) is 16.6 Å². The van der Waals surface area contributed by atoms with E-state index in [4.69, 9.17) is 0 Å². The number of aryl methyl sites for hydroxylation is 1. The van der Waals surface area contributed by atoms with Gasteiger partial charge >= 0.3 is 0 Å². The lowest BCUT2D eigenvalue weighted by atomic mass is 10.1. The van der Waals surface area contributed by atoms with Gasteiger partial charge in [-0.1, -0.05) is 29.8 Å². The summed E-state index contributed by atoms with van der Waals surface area (Å²) in [5, 5.41) is 11.7. The van der Waals surface area contributed by atoms with E-state index in [0.717, 1.165) is 32.1 Å². The van der Waals surface area contributed by atoms with Crippen LogP contribution in [-0.4, -0.2) is 50.5 Å². The number of nitrogens with zero attached hydrogens (tertiary/aromatic N) is 3. The average molecular weight is 447 g/mol. The first-order chi connectivity index (χ1) is 14.7. The van der Waals surface area contributed by atoms with Crippen LogP contribution < -0.4 is 9.62 Å². The molecule has 0 bridgehead atoms. The molecule has 2 aromatic rings. The summed E-state index contributed by atoms with van der Waals surface area (Å²) >= 11 is 0. The van der Waals surface area contributed by atoms with Gasteiger partial charge in [-0.25, -0.2) is 13.1 Å². The number of sulfonamides is 1. The molecule has 0 atom stereocenters. The maximum Gasteiger partial charge on any atom is 0.293 e. The lowest BCUT2D eigenvalue weighted by Crippen LogP contribution is -2.31. The molecule has 1 aliphatic rings. The van der Waals surface area contributed by atoms with E-state index in [1.807, 2.05) is 4.90 Å². The van der Waals surface area contributed by atoms with Crippen molar-refractivity contribution in [2.45, 2.75) is 44.7 Å². The van der Waals surface area contributed by atoms with Crippen LogP contribution in [0.4, 0.5) is 11.4 Å². The maximum atomic E-state index is 12.4. The highest BCUT2D eigenvalue weighted by molar-refractivity contribution is 7.89. The Morgan fingerprint density at radius 3 is 2.42 bits per heavy atom. The molecule has 9 heteroatoms. The number of benzene rings is 2. The highest BCUT2D eigenvalue weighted by atomic mass is 32.2. The number of nitro groups is 1. The molecule has 1 saturated heterocycles. The summed E-state index contributed by atoms with van der Waals surface area (Å²) in [4.78, 5) is 15.5. The van der Waals surface area contributed by atoms with Crippen molar-refractivity contribution in [3.63, 3.8) is 0 Å². The first kappa shape index (κ1) is 23.2. The minimum absolute atomic E-state index is 0.0903. The van der Waals surface area contributed by atoms with E-state index in [1.165, 1.54) is 17.2 Å². The van der Waals surface area contributed by atoms with Crippen LogP contribution in [0.25, 0.3) is 0 Å². The van der Waals surface area contributed by atoms with E-state index in [1.54, 1.807) is 19.9 Å². The first-order valence-corrected chi connectivity index (χ1v) is 12.0. The van der Waals surface area contributed by atoms with Crippen molar-refractivity contribution in [3.8, 4) is 0 Å². The number of hydrogen-bond acceptors (Lipinski definition) is 6. The minimum Gasteiger partial charge on any atom is -0.365 e. The lowest BCUT2D eigenvalue weighted by molar-refractivity contribution is -0.384. The fourth-order valence-corrected chi connectivity index (χ4v) is 5.05. The topological polar surface area (TPSA) is 95.8 Å². The second kappa shape index (κ2) is 9.76. The van der Waals surface area contributed by atoms with E-state index in [-0.39, 0.29) is 16.6 Å². The summed E-state index contributed by atoms with van der Waals surface area (Å²) in [6, 6.07) is 12.3. The molecule has 3 rings (SSSR count). The van der Waals surface area contributed by atoms with Gasteiger partial charge in [-0.15, -0.1) is 0 Å². The molecule has 0 amide bonds. The number of nitro benzene ring substituents is 1. The Balaban J connectivity index is 1.77. The summed E-state index contributed by atoms with van der Waals surface area (Å²) in [5.41, 5.74) is 2.76. The first-order valence-electron chi connectivity index (χ1n) is 10.5. The van der Waals surface area contributed by atoms with Crippen molar-refractivity contribution in [2.24, 2.45) is 0 Å². The van der Waals surface area contributed by atoms with Crippen molar-refractivity contribution >= 4 is 21.4 Å². The van der Waals surface area contributed by atoms with E-state index >= 15 is 0 Å². The monoisotopic (exact) mass is 446 g/mol. The number of anilines is 1. The van der Waals surface area contributed by atoms with Gasteiger partial charge < -0.3 is 4.90 Å². The van der Waals surface area contributed by atoms with Gasteiger partial charge in [0, 0.05) is 44.8 Å². The molecule has 1 heterocycles. The van der Waals surface area contributed by atoms with E-state index in [2.05, 4.69) is 40.8 Å². The summed E-state index contributed by atoms with van der Waals surface area (Å²) in [6.07, 6.45) is 0.873. The third-order valence-corrected chi connectivity index (χ3v) is 6.96. The summed E-state index contributed by atoms with van der Waals surface area (Å²) in [6.45, 7) is 9.33. The van der Waals surface area contributed by atoms with Crippen LogP contribution in [0.5, 0.6) is 0 Å². The quantitative estimate of drug-likeness (QED) is 0.518. The Morgan fingerprint density at radius 1 is 1.06 bits per heavy atom. The van der Waals surface area contributed by atoms with Crippen LogP contribution in [0, 0.1) is 17.0 Å². The van der Waals surface area contributed by atoms with Crippen molar-refractivity contribution in [3.05, 3.63) is 63.7 Å². The van der Waals surface area contributed by atoms with Gasteiger partial charge in [0.15, 0.2) is 0 Å². The second-order valence-corrected chi connectivity index (χ2v) is 10.00. The van der Waals surface area contributed by atoms with E-state index in [0.29, 0.717) is 18.8 Å². The molecule has 1 N–H and O–H groups in total. The van der Waals surface area contributed by atoms with Gasteiger partial charge in [0.25, 0.3) is 5.69 Å². The molecule has 8 nitrogen and oxygen atoms in total. The molecular formula is C22H30N4O4S. The Kier molecular flexibility index (Phi) is 7.30. The minimum atomic E-state index is -3.80. The van der Waals surface area contributed by atoms with Crippen LogP contribution in [0.2, 0.25) is 0 Å². The van der Waals surface area contributed by atoms with Crippen LogP contribution >= 0.6 is 0 Å². The normalized spacial score (nSPS) is 15.8. The van der Waals surface area contributed by atoms with Gasteiger partial charge in [-0.3, -0.25) is 15.0 Å². The third-order valence-electron chi connectivity index (χ3n) is 5.30. The average Bonchev–Trinajstić information content (AvgIpc) is 2.94. The second-order valence-electron chi connectivity index (χ2n) is 8.29. The van der Waals surface area contributed by atoms with Crippen molar-refractivity contribution < 1.29 is 13.3 Å². The van der Waals surface area contributed by atoms with Crippen LogP contribution in [0.1, 0.15) is 31.4 Å². The van der Waals surface area contributed by atoms with E-state index in [9.17, 15) is 18.5 Å². The molecule has 2 aromatic carbocycles. The van der Waals surface area contributed by atoms with Crippen LogP contribution in [0.15, 0.2) is 47.4 Å². The molecule has 1 aliphatic heterocycles. The van der Waals surface area contributed by atoms with Crippen LogP contribution in [0.3, 0.4) is 0 Å². The molecule has 0 radical (unpaired) electrons. The Labute approximate surface area is 184 Å². The number of nitrogens with one attached hydrogen (secondary N) is 1. The van der Waals surface area contributed by atoms with Gasteiger partial charge in [-0.2, -0.15) is 0 Å². The van der Waals surface area contributed by atoms with Crippen molar-refractivity contribution in [1.82, 2.24) is 9.62 Å². The molecular weight excluding hydrogens is 416 g/mol. The van der Waals surface area contributed by atoms with Gasteiger partial charge in [-0.05, 0) is 44.9 Å².